The van der Waals surface area contributed by atoms with E-state index >= 15 is 0 Å². The van der Waals surface area contributed by atoms with Crippen molar-refractivity contribution in [3.8, 4) is 5.69 Å². The van der Waals surface area contributed by atoms with E-state index in [-0.39, 0.29) is 23.1 Å². The summed E-state index contributed by atoms with van der Waals surface area (Å²) in [6.07, 6.45) is 1.70. The highest BCUT2D eigenvalue weighted by molar-refractivity contribution is 6.33. The summed E-state index contributed by atoms with van der Waals surface area (Å²) in [6, 6.07) is 12.4. The van der Waals surface area contributed by atoms with Crippen LogP contribution in [-0.4, -0.2) is 17.5 Å². The van der Waals surface area contributed by atoms with E-state index in [9.17, 15) is 9.59 Å². The molecule has 1 aromatic heterocycles. The monoisotopic (exact) mass is 401 g/mol. The van der Waals surface area contributed by atoms with Gasteiger partial charge in [-0.2, -0.15) is 0 Å². The first-order valence-corrected chi connectivity index (χ1v) is 9.38. The van der Waals surface area contributed by atoms with Crippen LogP contribution in [0.2, 0.25) is 10.0 Å². The van der Waals surface area contributed by atoms with E-state index in [1.54, 1.807) is 43.4 Å². The van der Waals surface area contributed by atoms with Gasteiger partial charge in [-0.1, -0.05) is 35.3 Å². The van der Waals surface area contributed by atoms with Crippen molar-refractivity contribution in [2.45, 2.75) is 12.8 Å². The maximum absolute atomic E-state index is 13.4. The zero-order valence-electron chi connectivity index (χ0n) is 14.6. The Bertz CT molecular complexity index is 1120. The number of anilines is 2. The van der Waals surface area contributed by atoms with E-state index in [2.05, 4.69) is 10.6 Å². The normalized spacial score (nSPS) is 13.6. The summed E-state index contributed by atoms with van der Waals surface area (Å²) in [6.45, 7) is 0. The number of rotatable bonds is 4. The van der Waals surface area contributed by atoms with Crippen molar-refractivity contribution in [2.75, 3.05) is 17.7 Å². The third-order valence-corrected chi connectivity index (χ3v) is 5.23. The second-order valence-corrected chi connectivity index (χ2v) is 7.36. The van der Waals surface area contributed by atoms with Gasteiger partial charge in [-0.15, -0.1) is 0 Å². The van der Waals surface area contributed by atoms with Crippen LogP contribution in [0.5, 0.6) is 0 Å². The van der Waals surface area contributed by atoms with Crippen molar-refractivity contribution < 1.29 is 4.79 Å². The lowest BCUT2D eigenvalue weighted by atomic mass is 10.1. The molecule has 0 atom stereocenters. The van der Waals surface area contributed by atoms with Crippen LogP contribution in [0.25, 0.3) is 16.6 Å². The molecule has 1 aliphatic rings. The minimum atomic E-state index is -0.365. The number of benzene rings is 2. The number of para-hydroxylation sites is 1. The van der Waals surface area contributed by atoms with Crippen molar-refractivity contribution in [1.29, 1.82) is 0 Å². The Balaban J connectivity index is 2.07. The molecule has 1 amide bonds. The third kappa shape index (κ3) is 3.17. The number of aromatic nitrogens is 1. The van der Waals surface area contributed by atoms with Gasteiger partial charge in [-0.25, -0.2) is 0 Å². The number of carbonyl (C=O) groups excluding carboxylic acids is 1. The molecule has 7 heteroatoms. The molecule has 0 radical (unpaired) electrons. The number of pyridine rings is 1. The molecule has 27 heavy (non-hydrogen) atoms. The average Bonchev–Trinajstić information content (AvgIpc) is 3.49. The second-order valence-electron chi connectivity index (χ2n) is 6.52. The van der Waals surface area contributed by atoms with E-state index in [0.29, 0.717) is 26.9 Å². The second kappa shape index (κ2) is 6.91. The van der Waals surface area contributed by atoms with Crippen molar-refractivity contribution in [3.05, 3.63) is 62.9 Å². The van der Waals surface area contributed by atoms with Gasteiger partial charge in [-0.05, 0) is 43.2 Å². The van der Waals surface area contributed by atoms with Crippen LogP contribution in [0, 0.1) is 5.92 Å². The fourth-order valence-corrected chi connectivity index (χ4v) is 3.57. The fourth-order valence-electron chi connectivity index (χ4n) is 3.18. The molecule has 2 aromatic carbocycles. The summed E-state index contributed by atoms with van der Waals surface area (Å²) in [5.74, 6) is -0.161. The lowest BCUT2D eigenvalue weighted by Gasteiger charge is -2.19. The van der Waals surface area contributed by atoms with Crippen LogP contribution in [0.4, 0.5) is 11.4 Å². The molecule has 0 bridgehead atoms. The summed E-state index contributed by atoms with van der Waals surface area (Å²) in [5, 5.41) is 7.55. The molecule has 1 heterocycles. The Morgan fingerprint density at radius 1 is 1.11 bits per heavy atom. The molecule has 1 saturated carbocycles. The van der Waals surface area contributed by atoms with Crippen LogP contribution >= 0.6 is 23.2 Å². The molecule has 1 aliphatic carbocycles. The van der Waals surface area contributed by atoms with Gasteiger partial charge in [0.2, 0.25) is 5.91 Å². The number of hydrogen-bond acceptors (Lipinski definition) is 3. The molecule has 4 rings (SSSR count). The maximum atomic E-state index is 13.4. The zero-order chi connectivity index (χ0) is 19.1. The number of amides is 1. The molecule has 3 aromatic rings. The standard InChI is InChI=1S/C20H17Cl2N3O2/c1-23-17-13-9-8-12(21)10-16(13)25(15-5-3-2-4-14(15)22)20(27)18(17)24-19(26)11-6-7-11/h2-5,8-11,23H,6-7H2,1H3,(H,24,26). The van der Waals surface area contributed by atoms with Gasteiger partial charge in [0, 0.05) is 23.4 Å². The van der Waals surface area contributed by atoms with Crippen molar-refractivity contribution in [1.82, 2.24) is 4.57 Å². The number of carbonyl (C=O) groups is 1. The highest BCUT2D eigenvalue weighted by atomic mass is 35.5. The van der Waals surface area contributed by atoms with Gasteiger partial charge in [0.15, 0.2) is 0 Å². The van der Waals surface area contributed by atoms with Gasteiger partial charge in [0.1, 0.15) is 5.69 Å². The summed E-state index contributed by atoms with van der Waals surface area (Å²) < 4.78 is 1.49. The van der Waals surface area contributed by atoms with Crippen LogP contribution in [0.1, 0.15) is 12.8 Å². The number of halogens is 2. The van der Waals surface area contributed by atoms with Crippen LogP contribution in [-0.2, 0) is 4.79 Å². The smallest absolute Gasteiger partial charge is 0.281 e. The molecule has 138 valence electrons. The van der Waals surface area contributed by atoms with E-state index in [1.807, 2.05) is 6.07 Å². The number of fused-ring (bicyclic) bond motifs is 1. The van der Waals surface area contributed by atoms with Gasteiger partial charge >= 0.3 is 0 Å². The molecule has 0 unspecified atom stereocenters. The number of hydrogen-bond donors (Lipinski definition) is 2. The Hall–Kier alpha value is -2.50. The van der Waals surface area contributed by atoms with Crippen molar-refractivity contribution >= 4 is 51.4 Å². The summed E-state index contributed by atoms with van der Waals surface area (Å²) >= 11 is 12.6. The van der Waals surface area contributed by atoms with E-state index in [4.69, 9.17) is 23.2 Å². The van der Waals surface area contributed by atoms with Crippen molar-refractivity contribution in [2.24, 2.45) is 5.92 Å². The molecule has 0 spiro atoms. The molecule has 1 fully saturated rings. The highest BCUT2D eigenvalue weighted by Gasteiger charge is 2.31. The van der Waals surface area contributed by atoms with Gasteiger partial charge in [-0.3, -0.25) is 14.2 Å². The van der Waals surface area contributed by atoms with Crippen LogP contribution < -0.4 is 16.2 Å². The van der Waals surface area contributed by atoms with E-state index in [0.717, 1.165) is 18.2 Å². The first-order chi connectivity index (χ1) is 13.0. The minimum Gasteiger partial charge on any atom is -0.386 e. The Kier molecular flexibility index (Phi) is 4.58. The fraction of sp³-hybridized carbons (Fsp3) is 0.200. The third-order valence-electron chi connectivity index (χ3n) is 4.68. The number of nitrogens with zero attached hydrogens (tertiary/aromatic N) is 1. The molecule has 2 N–H and O–H groups in total. The number of nitrogens with one attached hydrogen (secondary N) is 2. The van der Waals surface area contributed by atoms with Crippen LogP contribution in [0.15, 0.2) is 47.3 Å². The first-order valence-electron chi connectivity index (χ1n) is 8.63. The summed E-state index contributed by atoms with van der Waals surface area (Å²) in [4.78, 5) is 25.8. The zero-order valence-corrected chi connectivity index (χ0v) is 16.1. The maximum Gasteiger partial charge on any atom is 0.281 e. The minimum absolute atomic E-state index is 0.0243. The highest BCUT2D eigenvalue weighted by Crippen LogP contribution is 2.35. The molecule has 5 nitrogen and oxygen atoms in total. The van der Waals surface area contributed by atoms with E-state index < -0.39 is 0 Å². The Labute approximate surface area is 165 Å². The quantitative estimate of drug-likeness (QED) is 0.666. The predicted molar refractivity (Wildman–Crippen MR) is 110 cm³/mol. The van der Waals surface area contributed by atoms with Crippen LogP contribution in [0.3, 0.4) is 0 Å². The van der Waals surface area contributed by atoms with Gasteiger partial charge in [0.25, 0.3) is 5.56 Å². The first kappa shape index (κ1) is 17.9. The van der Waals surface area contributed by atoms with Crippen molar-refractivity contribution in [3.63, 3.8) is 0 Å². The molecular weight excluding hydrogens is 385 g/mol. The molecular formula is C20H17Cl2N3O2. The lowest BCUT2D eigenvalue weighted by Crippen LogP contribution is -2.27. The topological polar surface area (TPSA) is 63.1 Å². The van der Waals surface area contributed by atoms with Gasteiger partial charge in [0.05, 0.1) is 21.9 Å². The van der Waals surface area contributed by atoms with Gasteiger partial charge < -0.3 is 10.6 Å². The predicted octanol–water partition coefficient (Wildman–Crippen LogP) is 4.69. The van der Waals surface area contributed by atoms with E-state index in [1.165, 1.54) is 4.57 Å². The SMILES string of the molecule is CNc1c(NC(=O)C2CC2)c(=O)n(-c2ccccc2Cl)c2cc(Cl)ccc12. The average molecular weight is 402 g/mol. The Morgan fingerprint density at radius 2 is 1.85 bits per heavy atom. The Morgan fingerprint density at radius 3 is 2.52 bits per heavy atom. The molecule has 0 saturated heterocycles. The molecule has 0 aliphatic heterocycles. The lowest BCUT2D eigenvalue weighted by molar-refractivity contribution is -0.117. The summed E-state index contributed by atoms with van der Waals surface area (Å²) in [5.41, 5.74) is 1.54. The summed E-state index contributed by atoms with van der Waals surface area (Å²) in [7, 11) is 1.72. The largest absolute Gasteiger partial charge is 0.386 e.